The molecular weight excluding hydrogens is 486 g/mol. The summed E-state index contributed by atoms with van der Waals surface area (Å²) >= 11 is 0. The lowest BCUT2D eigenvalue weighted by Gasteiger charge is -2.32. The van der Waals surface area contributed by atoms with Crippen molar-refractivity contribution in [1.29, 1.82) is 0 Å². The Kier molecular flexibility index (Phi) is 11.0. The molecule has 3 rings (SSSR count). The maximum absolute atomic E-state index is 10.2. The Bertz CT molecular complexity index is 1040. The number of benzene rings is 2. The van der Waals surface area contributed by atoms with Gasteiger partial charge in [-0.2, -0.15) is 0 Å². The molecule has 1 atom stereocenters. The summed E-state index contributed by atoms with van der Waals surface area (Å²) < 4.78 is 35.4. The number of hydrogen-bond donors (Lipinski definition) is 1. The summed E-state index contributed by atoms with van der Waals surface area (Å²) in [5.41, 5.74) is 2.10. The zero-order valence-electron chi connectivity index (χ0n) is 23.7. The summed E-state index contributed by atoms with van der Waals surface area (Å²) in [6.07, 6.45) is 8.69. The largest absolute Gasteiger partial charge is 0.493 e. The fourth-order valence-corrected chi connectivity index (χ4v) is 4.84. The van der Waals surface area contributed by atoms with Crippen molar-refractivity contribution in [1.82, 2.24) is 5.06 Å². The molecule has 38 heavy (non-hydrogen) atoms. The molecule has 210 valence electrons. The van der Waals surface area contributed by atoms with E-state index >= 15 is 0 Å². The van der Waals surface area contributed by atoms with Crippen molar-refractivity contribution in [2.45, 2.75) is 58.0 Å². The molecule has 0 aromatic heterocycles. The molecule has 1 fully saturated rings. The third-order valence-corrected chi connectivity index (χ3v) is 6.78. The van der Waals surface area contributed by atoms with Crippen molar-refractivity contribution in [3.05, 3.63) is 53.2 Å². The standard InChI is InChI=1S/C30H43NO7/c1-7-9-14-31(32)15-10-12-22-18-23(19-25(33-3)28(22)37-16-8-2)30(13-11-17-38-30)24-20-26(34-4)29(36-6)27(21-24)35-5/h10,15,18-21,32H,7-9,11-14,16-17H2,1-6H3/b15-10+. The SMILES string of the molecule is CCCCN(O)/C=C/Cc1cc(C2(c3cc(OC)c(OC)c(OC)c3)CCCO2)cc(OC)c1OCCC. The van der Waals surface area contributed by atoms with Gasteiger partial charge in [0, 0.05) is 24.9 Å². The monoisotopic (exact) mass is 529 g/mol. The summed E-state index contributed by atoms with van der Waals surface area (Å²) in [5.74, 6) is 3.04. The van der Waals surface area contributed by atoms with E-state index < -0.39 is 5.60 Å². The lowest BCUT2D eigenvalue weighted by Crippen LogP contribution is -2.27. The van der Waals surface area contributed by atoms with E-state index in [2.05, 4.69) is 19.9 Å². The molecule has 1 N–H and O–H groups in total. The van der Waals surface area contributed by atoms with Crippen LogP contribution < -0.4 is 23.7 Å². The zero-order chi connectivity index (χ0) is 27.5. The van der Waals surface area contributed by atoms with Crippen LogP contribution in [-0.2, 0) is 16.8 Å². The normalized spacial score (nSPS) is 17.0. The summed E-state index contributed by atoms with van der Waals surface area (Å²) in [4.78, 5) is 0. The number of hydroxylamine groups is 2. The fraction of sp³-hybridized carbons (Fsp3) is 0.533. The van der Waals surface area contributed by atoms with Crippen LogP contribution in [0.15, 0.2) is 36.5 Å². The molecule has 1 aliphatic heterocycles. The van der Waals surface area contributed by atoms with E-state index in [1.165, 1.54) is 5.06 Å². The van der Waals surface area contributed by atoms with E-state index in [4.69, 9.17) is 28.4 Å². The summed E-state index contributed by atoms with van der Waals surface area (Å²) in [7, 11) is 6.47. The highest BCUT2D eigenvalue weighted by molar-refractivity contribution is 5.59. The quantitative estimate of drug-likeness (QED) is 0.277. The van der Waals surface area contributed by atoms with Crippen molar-refractivity contribution in [3.63, 3.8) is 0 Å². The van der Waals surface area contributed by atoms with Crippen molar-refractivity contribution < 1.29 is 33.6 Å². The molecule has 0 amide bonds. The van der Waals surface area contributed by atoms with Crippen LogP contribution in [0.4, 0.5) is 0 Å². The van der Waals surface area contributed by atoms with Crippen LogP contribution in [0.1, 0.15) is 62.6 Å². The van der Waals surface area contributed by atoms with E-state index in [1.807, 2.05) is 24.3 Å². The van der Waals surface area contributed by atoms with Gasteiger partial charge in [-0.1, -0.05) is 26.3 Å². The summed E-state index contributed by atoms with van der Waals surface area (Å²) in [5, 5.41) is 11.4. The fourth-order valence-electron chi connectivity index (χ4n) is 4.84. The Labute approximate surface area is 227 Å². The zero-order valence-corrected chi connectivity index (χ0v) is 23.7. The van der Waals surface area contributed by atoms with Crippen molar-refractivity contribution in [3.8, 4) is 28.7 Å². The maximum Gasteiger partial charge on any atom is 0.203 e. The molecule has 2 aromatic carbocycles. The highest BCUT2D eigenvalue weighted by Gasteiger charge is 2.41. The highest BCUT2D eigenvalue weighted by Crippen LogP contribution is 2.50. The first kappa shape index (κ1) is 29.5. The number of allylic oxidation sites excluding steroid dienone is 1. The minimum atomic E-state index is -0.730. The molecule has 2 aromatic rings. The van der Waals surface area contributed by atoms with Gasteiger partial charge in [0.15, 0.2) is 23.0 Å². The Balaban J connectivity index is 2.13. The predicted molar refractivity (Wildman–Crippen MR) is 147 cm³/mol. The van der Waals surface area contributed by atoms with Crippen LogP contribution in [0.2, 0.25) is 0 Å². The molecule has 0 radical (unpaired) electrons. The molecule has 1 saturated heterocycles. The van der Waals surface area contributed by atoms with Gasteiger partial charge in [0.2, 0.25) is 5.75 Å². The minimum absolute atomic E-state index is 0.537. The van der Waals surface area contributed by atoms with Crippen molar-refractivity contribution >= 4 is 0 Å². The van der Waals surface area contributed by atoms with Crippen molar-refractivity contribution in [2.75, 3.05) is 48.2 Å². The number of unbranched alkanes of at least 4 members (excludes halogenated alkanes) is 1. The minimum Gasteiger partial charge on any atom is -0.493 e. The van der Waals surface area contributed by atoms with Crippen LogP contribution in [0.3, 0.4) is 0 Å². The average Bonchev–Trinajstić information content (AvgIpc) is 3.45. The van der Waals surface area contributed by atoms with Gasteiger partial charge >= 0.3 is 0 Å². The number of methoxy groups -OCH3 is 4. The number of rotatable bonds is 15. The number of nitrogens with zero attached hydrogens (tertiary/aromatic N) is 1. The molecule has 8 heteroatoms. The van der Waals surface area contributed by atoms with Crippen LogP contribution in [0.5, 0.6) is 28.7 Å². The van der Waals surface area contributed by atoms with Gasteiger partial charge in [0.05, 0.1) is 35.0 Å². The Morgan fingerprint density at radius 2 is 1.53 bits per heavy atom. The molecule has 0 spiro atoms. The van der Waals surface area contributed by atoms with E-state index in [0.717, 1.165) is 48.8 Å². The second-order valence-electron chi connectivity index (χ2n) is 9.31. The first-order chi connectivity index (χ1) is 18.5. The molecule has 0 bridgehead atoms. The van der Waals surface area contributed by atoms with E-state index in [-0.39, 0.29) is 0 Å². The van der Waals surface area contributed by atoms with Crippen LogP contribution in [-0.4, -0.2) is 58.5 Å². The smallest absolute Gasteiger partial charge is 0.203 e. The second kappa shape index (κ2) is 14.2. The molecule has 1 aliphatic rings. The first-order valence-electron chi connectivity index (χ1n) is 13.4. The van der Waals surface area contributed by atoms with Gasteiger partial charge in [-0.05, 0) is 67.5 Å². The van der Waals surface area contributed by atoms with Gasteiger partial charge in [-0.15, -0.1) is 0 Å². The molecule has 0 aliphatic carbocycles. The first-order valence-corrected chi connectivity index (χ1v) is 13.4. The Morgan fingerprint density at radius 1 is 0.895 bits per heavy atom. The van der Waals surface area contributed by atoms with Crippen LogP contribution in [0, 0.1) is 0 Å². The Morgan fingerprint density at radius 3 is 2.05 bits per heavy atom. The lowest BCUT2D eigenvalue weighted by molar-refractivity contribution is -0.0416. The van der Waals surface area contributed by atoms with E-state index in [9.17, 15) is 5.21 Å². The average molecular weight is 530 g/mol. The predicted octanol–water partition coefficient (Wildman–Crippen LogP) is 6.11. The molecule has 0 saturated carbocycles. The third kappa shape index (κ3) is 6.48. The third-order valence-electron chi connectivity index (χ3n) is 6.78. The van der Waals surface area contributed by atoms with E-state index in [0.29, 0.717) is 54.9 Å². The molecule has 1 unspecified atom stereocenters. The van der Waals surface area contributed by atoms with E-state index in [1.54, 1.807) is 34.6 Å². The van der Waals surface area contributed by atoms with Gasteiger partial charge in [0.1, 0.15) is 5.60 Å². The summed E-state index contributed by atoms with van der Waals surface area (Å²) in [6, 6.07) is 8.04. The van der Waals surface area contributed by atoms with Crippen molar-refractivity contribution in [2.24, 2.45) is 0 Å². The maximum atomic E-state index is 10.2. The lowest BCUT2D eigenvalue weighted by atomic mass is 9.82. The topological polar surface area (TPSA) is 78.9 Å². The number of ether oxygens (including phenoxy) is 6. The summed E-state index contributed by atoms with van der Waals surface area (Å²) in [6.45, 7) is 5.96. The Hall–Kier alpha value is -3.10. The number of hydrogen-bond acceptors (Lipinski definition) is 8. The van der Waals surface area contributed by atoms with Crippen LogP contribution >= 0.6 is 0 Å². The van der Waals surface area contributed by atoms with Gasteiger partial charge in [0.25, 0.3) is 0 Å². The molecular formula is C30H43NO7. The van der Waals surface area contributed by atoms with Gasteiger partial charge in [-0.25, -0.2) is 0 Å². The van der Waals surface area contributed by atoms with Crippen LogP contribution in [0.25, 0.3) is 0 Å². The van der Waals surface area contributed by atoms with Gasteiger partial charge in [-0.3, -0.25) is 10.3 Å². The second-order valence-corrected chi connectivity index (χ2v) is 9.31. The molecule has 1 heterocycles. The molecule has 8 nitrogen and oxygen atoms in total. The van der Waals surface area contributed by atoms with Gasteiger partial charge < -0.3 is 28.4 Å². The highest BCUT2D eigenvalue weighted by atomic mass is 16.5.